The Balaban J connectivity index is 1.06. The van der Waals surface area contributed by atoms with Crippen LogP contribution in [-0.2, 0) is 48.4 Å². The molecule has 3 aliphatic rings. The molecule has 3 aliphatic heterocycles. The first-order chi connectivity index (χ1) is 30.7. The molecule has 5 atom stereocenters. The highest BCUT2D eigenvalue weighted by atomic mass is 32.2. The summed E-state index contributed by atoms with van der Waals surface area (Å²) in [5.74, 6) is -1.68. The maximum atomic E-state index is 14.0. The van der Waals surface area contributed by atoms with Crippen LogP contribution in [0.2, 0.25) is 0 Å². The van der Waals surface area contributed by atoms with Crippen LogP contribution in [0.4, 0.5) is 26.7 Å². The highest BCUT2D eigenvalue weighted by Crippen LogP contribution is 2.50. The normalized spacial score (nSPS) is 19.3. The number of hydrogen-bond donors (Lipinski definition) is 0. The predicted molar refractivity (Wildman–Crippen MR) is 227 cm³/mol. The molecule has 0 radical (unpaired) electrons. The Morgan fingerprint density at radius 2 is 1.28 bits per heavy atom. The molecule has 0 saturated carbocycles. The maximum absolute atomic E-state index is 14.0. The molecule has 4 heterocycles. The van der Waals surface area contributed by atoms with Gasteiger partial charge in [-0.1, -0.05) is 0 Å². The van der Waals surface area contributed by atoms with Crippen LogP contribution in [0.15, 0.2) is 113 Å². The van der Waals surface area contributed by atoms with Crippen LogP contribution in [0.3, 0.4) is 0 Å². The number of nitro groups is 3. The smallest absolute Gasteiger partial charge is 0.456 e. The second-order valence-corrected chi connectivity index (χ2v) is 17.3. The molecule has 2 saturated heterocycles. The second kappa shape index (κ2) is 20.0. The third kappa shape index (κ3) is 10.6. The summed E-state index contributed by atoms with van der Waals surface area (Å²) >= 11 is 2.85. The van der Waals surface area contributed by atoms with Gasteiger partial charge in [-0.25, -0.2) is 14.4 Å². The van der Waals surface area contributed by atoms with Crippen molar-refractivity contribution in [3.8, 4) is 0 Å². The Morgan fingerprint density at radius 3 is 1.81 bits per heavy atom. The zero-order valence-corrected chi connectivity index (χ0v) is 35.4. The molecule has 7 rings (SSSR count). The average molecular weight is 915 g/mol. The van der Waals surface area contributed by atoms with Crippen molar-refractivity contribution in [3.05, 3.63) is 155 Å². The third-order valence-corrected chi connectivity index (χ3v) is 13.2. The van der Waals surface area contributed by atoms with Gasteiger partial charge in [0.15, 0.2) is 0 Å². The highest BCUT2D eigenvalue weighted by Gasteiger charge is 2.58. The Labute approximate surface area is 372 Å². The number of non-ortho nitro benzene ring substituents is 3. The van der Waals surface area contributed by atoms with Crippen LogP contribution in [0, 0.1) is 36.3 Å². The van der Waals surface area contributed by atoms with E-state index in [2.05, 4.69) is 4.98 Å². The van der Waals surface area contributed by atoms with E-state index in [0.29, 0.717) is 33.8 Å². The Hall–Kier alpha value is -7.07. The molecule has 0 aliphatic carbocycles. The highest BCUT2D eigenvalue weighted by molar-refractivity contribution is 8.03. The zero-order valence-electron chi connectivity index (χ0n) is 33.8. The number of nitrogens with zero attached hydrogens (tertiary/aromatic N) is 6. The Kier molecular flexibility index (Phi) is 14.0. The van der Waals surface area contributed by atoms with E-state index < -0.39 is 57.0 Å². The van der Waals surface area contributed by atoms with Crippen LogP contribution >= 0.6 is 23.5 Å². The van der Waals surface area contributed by atoms with E-state index in [4.69, 9.17) is 18.9 Å². The van der Waals surface area contributed by atoms with E-state index in [0.717, 1.165) is 4.90 Å². The minimum atomic E-state index is -1.07. The molecule has 0 bridgehead atoms. The first-order valence-electron chi connectivity index (χ1n) is 19.6. The second-order valence-electron chi connectivity index (χ2n) is 14.8. The molecular formula is C42H38N6O14S2. The lowest BCUT2D eigenvalue weighted by Gasteiger charge is -2.45. The van der Waals surface area contributed by atoms with Gasteiger partial charge in [-0.05, 0) is 78.6 Å². The SMILES string of the molecule is C[C@@H](OC(=O)OCc1ccc([N+](=O)[O-])cc1)[C@H]1C(=O)N2C(C(=O)OCc3ccc([N+](=O)[O-])cc3)=C(S[C@H]3C[C@@H](CSc4ccncc4)N(C(=O)OCc4ccc([N+](=O)[O-])cc4)C3)C[C@H]12. The van der Waals surface area contributed by atoms with Crippen molar-refractivity contribution in [3.63, 3.8) is 0 Å². The molecule has 64 heavy (non-hydrogen) atoms. The summed E-state index contributed by atoms with van der Waals surface area (Å²) in [4.78, 5) is 94.3. The summed E-state index contributed by atoms with van der Waals surface area (Å²) in [5, 5.41) is 33.0. The van der Waals surface area contributed by atoms with E-state index >= 15 is 0 Å². The molecule has 2 amide bonds. The molecule has 20 nitrogen and oxygen atoms in total. The fraction of sp³-hybridized carbons (Fsp3) is 0.310. The summed E-state index contributed by atoms with van der Waals surface area (Å²) < 4.78 is 22.1. The largest absolute Gasteiger partial charge is 0.508 e. The topological polar surface area (TPSA) is 254 Å². The van der Waals surface area contributed by atoms with Crippen molar-refractivity contribution in [2.75, 3.05) is 12.3 Å². The van der Waals surface area contributed by atoms with Crippen LogP contribution in [-0.4, -0.2) is 89.4 Å². The molecule has 0 unspecified atom stereocenters. The molecule has 22 heteroatoms. The van der Waals surface area contributed by atoms with Gasteiger partial charge in [-0.3, -0.25) is 40.1 Å². The van der Waals surface area contributed by atoms with Crippen molar-refractivity contribution in [2.45, 2.75) is 67.9 Å². The van der Waals surface area contributed by atoms with Gasteiger partial charge in [0.2, 0.25) is 5.91 Å². The number of rotatable bonds is 17. The number of nitro benzene ring substituents is 3. The summed E-state index contributed by atoms with van der Waals surface area (Å²) in [6.07, 6.45) is 1.35. The summed E-state index contributed by atoms with van der Waals surface area (Å²) in [7, 11) is 0. The number of benzene rings is 3. The molecule has 1 aromatic heterocycles. The van der Waals surface area contributed by atoms with E-state index in [1.165, 1.54) is 108 Å². The standard InChI is InChI=1S/C42H38N6O14S2/c1-25(62-42(52)61-23-28-6-12-31(13-7-28)48(57)58)37-35-19-36(38(45(35)39(37)49)40(50)59-21-26-2-8-29(9-3-26)46(53)54)64-34-18-32(24-63-33-14-16-43-17-15-33)44(20-34)41(51)60-22-27-4-10-30(11-5-27)47(55)56/h2-17,25,32,34-35,37H,18-24H2,1H3/t25-,32+,34+,35-,37-/m1/s1. The Morgan fingerprint density at radius 1 is 0.766 bits per heavy atom. The molecule has 332 valence electrons. The van der Waals surface area contributed by atoms with Gasteiger partial charge >= 0.3 is 18.2 Å². The van der Waals surface area contributed by atoms with Crippen LogP contribution in [0.25, 0.3) is 0 Å². The molecule has 0 N–H and O–H groups in total. The first kappa shape index (κ1) is 45.0. The van der Waals surface area contributed by atoms with Crippen molar-refractivity contribution in [1.29, 1.82) is 0 Å². The summed E-state index contributed by atoms with van der Waals surface area (Å²) in [5.41, 5.74) is 1.14. The van der Waals surface area contributed by atoms with Gasteiger partial charge < -0.3 is 28.7 Å². The molecular weight excluding hydrogens is 877 g/mol. The molecule has 3 aromatic carbocycles. The number of carbonyl (C=O) groups is 4. The number of β-lactam (4-membered cyclic amide) rings is 1. The number of fused-ring (bicyclic) bond motifs is 1. The minimum absolute atomic E-state index is 0.00742. The first-order valence-corrected chi connectivity index (χ1v) is 21.5. The summed E-state index contributed by atoms with van der Waals surface area (Å²) in [6, 6.07) is 19.3. The number of thioether (sulfide) groups is 2. The Bertz CT molecular complexity index is 2460. The lowest BCUT2D eigenvalue weighted by molar-refractivity contribution is -0.385. The zero-order chi connectivity index (χ0) is 45.5. The van der Waals surface area contributed by atoms with Crippen molar-refractivity contribution in [1.82, 2.24) is 14.8 Å². The number of ether oxygens (including phenoxy) is 4. The number of likely N-dealkylation sites (tertiary alicyclic amines) is 1. The fourth-order valence-corrected chi connectivity index (χ4v) is 10.0. The van der Waals surface area contributed by atoms with Crippen LogP contribution in [0.1, 0.15) is 36.5 Å². The number of amides is 2. The van der Waals surface area contributed by atoms with Crippen LogP contribution < -0.4 is 0 Å². The summed E-state index contributed by atoms with van der Waals surface area (Å²) in [6.45, 7) is 1.13. The fourth-order valence-electron chi connectivity index (χ4n) is 7.47. The number of pyridine rings is 1. The maximum Gasteiger partial charge on any atom is 0.508 e. The van der Waals surface area contributed by atoms with Gasteiger partial charge in [0.1, 0.15) is 31.6 Å². The average Bonchev–Trinajstić information content (AvgIpc) is 3.85. The van der Waals surface area contributed by atoms with Gasteiger partial charge in [0.05, 0.1) is 26.7 Å². The molecule has 4 aromatic rings. The number of carbonyl (C=O) groups excluding carboxylic acids is 4. The van der Waals surface area contributed by atoms with Gasteiger partial charge in [-0.15, -0.1) is 23.5 Å². The van der Waals surface area contributed by atoms with Gasteiger partial charge in [0, 0.05) is 88.6 Å². The van der Waals surface area contributed by atoms with Crippen molar-refractivity contribution < 1.29 is 52.9 Å². The number of hydrogen-bond acceptors (Lipinski definition) is 17. The van der Waals surface area contributed by atoms with E-state index in [1.807, 2.05) is 12.1 Å². The third-order valence-electron chi connectivity index (χ3n) is 10.7. The quantitative estimate of drug-likeness (QED) is 0.0251. The van der Waals surface area contributed by atoms with E-state index in [-0.39, 0.29) is 66.8 Å². The predicted octanol–water partition coefficient (Wildman–Crippen LogP) is 7.34. The van der Waals surface area contributed by atoms with Gasteiger partial charge in [0.25, 0.3) is 17.1 Å². The number of aromatic nitrogens is 1. The van der Waals surface area contributed by atoms with Crippen molar-refractivity contribution in [2.24, 2.45) is 5.92 Å². The lowest BCUT2D eigenvalue weighted by Crippen LogP contribution is -2.62. The minimum Gasteiger partial charge on any atom is -0.456 e. The number of esters is 1. The lowest BCUT2D eigenvalue weighted by atomic mass is 9.83. The van der Waals surface area contributed by atoms with E-state index in [9.17, 15) is 49.5 Å². The van der Waals surface area contributed by atoms with E-state index in [1.54, 1.807) is 17.3 Å². The monoisotopic (exact) mass is 914 g/mol. The molecule has 2 fully saturated rings. The van der Waals surface area contributed by atoms with Gasteiger partial charge in [-0.2, -0.15) is 0 Å². The van der Waals surface area contributed by atoms with Crippen LogP contribution in [0.5, 0.6) is 0 Å². The van der Waals surface area contributed by atoms with Crippen molar-refractivity contribution >= 4 is 64.7 Å². The molecule has 0 spiro atoms.